The maximum absolute atomic E-state index is 12.6. The molecule has 0 radical (unpaired) electrons. The van der Waals surface area contributed by atoms with Crippen LogP contribution in [0.4, 0.5) is 0 Å². The van der Waals surface area contributed by atoms with Gasteiger partial charge in [-0.05, 0) is 36.4 Å². The van der Waals surface area contributed by atoms with E-state index in [1.54, 1.807) is 69.8 Å². The van der Waals surface area contributed by atoms with Crippen LogP contribution in [0.5, 0.6) is 17.2 Å². The first-order valence-corrected chi connectivity index (χ1v) is 9.96. The van der Waals surface area contributed by atoms with Crippen molar-refractivity contribution in [2.45, 2.75) is 0 Å². The number of amides is 2. The van der Waals surface area contributed by atoms with Crippen molar-refractivity contribution in [3.63, 3.8) is 0 Å². The Morgan fingerprint density at radius 2 is 1.85 bits per heavy atom. The Balaban J connectivity index is 1.61. The van der Waals surface area contributed by atoms with Crippen LogP contribution in [0.15, 0.2) is 48.5 Å². The summed E-state index contributed by atoms with van der Waals surface area (Å²) in [5, 5.41) is 7.15. The van der Waals surface area contributed by atoms with Crippen molar-refractivity contribution in [3.05, 3.63) is 59.8 Å². The molecular weight excluding hydrogens is 424 g/mol. The van der Waals surface area contributed by atoms with Crippen LogP contribution in [-0.4, -0.2) is 49.0 Å². The molecule has 170 valence electrons. The minimum Gasteiger partial charge on any atom is -0.497 e. The predicted molar refractivity (Wildman–Crippen MR) is 122 cm³/mol. The highest BCUT2D eigenvalue weighted by molar-refractivity contribution is 5.95. The summed E-state index contributed by atoms with van der Waals surface area (Å²) in [5.41, 5.74) is 7.25. The van der Waals surface area contributed by atoms with E-state index in [4.69, 9.17) is 19.9 Å². The molecule has 33 heavy (non-hydrogen) atoms. The smallest absolute Gasteiger partial charge is 0.270 e. The Morgan fingerprint density at radius 1 is 1.06 bits per heavy atom. The quantitative estimate of drug-likeness (QED) is 0.509. The number of para-hydroxylation sites is 1. The van der Waals surface area contributed by atoms with E-state index in [0.29, 0.717) is 34.2 Å². The van der Waals surface area contributed by atoms with Gasteiger partial charge in [0.05, 0.1) is 32.0 Å². The highest BCUT2D eigenvalue weighted by Crippen LogP contribution is 2.32. The largest absolute Gasteiger partial charge is 0.497 e. The minimum atomic E-state index is -0.576. The molecule has 3 N–H and O–H groups in total. The molecule has 2 aromatic carbocycles. The summed E-state index contributed by atoms with van der Waals surface area (Å²) in [4.78, 5) is 24.0. The zero-order chi connectivity index (χ0) is 23.8. The van der Waals surface area contributed by atoms with Gasteiger partial charge >= 0.3 is 0 Å². The lowest BCUT2D eigenvalue weighted by Gasteiger charge is -2.08. The number of nitrogens with one attached hydrogen (secondary N) is 1. The molecule has 0 spiro atoms. The van der Waals surface area contributed by atoms with Gasteiger partial charge in [-0.3, -0.25) is 14.3 Å². The number of rotatable bonds is 8. The number of aryl methyl sites for hydroxylation is 1. The summed E-state index contributed by atoms with van der Waals surface area (Å²) in [6.45, 7) is 0.161. The Hall–Kier alpha value is -4.45. The summed E-state index contributed by atoms with van der Waals surface area (Å²) in [6.07, 6.45) is 0. The molecule has 9 nitrogen and oxygen atoms in total. The molecule has 0 aliphatic heterocycles. The van der Waals surface area contributed by atoms with Crippen LogP contribution in [-0.2, 0) is 7.05 Å². The highest BCUT2D eigenvalue weighted by Gasteiger charge is 2.17. The first-order chi connectivity index (χ1) is 15.9. The minimum absolute atomic E-state index is 0.0473. The van der Waals surface area contributed by atoms with Crippen molar-refractivity contribution in [2.24, 2.45) is 12.8 Å². The lowest BCUT2D eigenvalue weighted by Crippen LogP contribution is -2.25. The van der Waals surface area contributed by atoms with Gasteiger partial charge in [-0.2, -0.15) is 5.10 Å². The fourth-order valence-corrected chi connectivity index (χ4v) is 3.06. The molecule has 0 bridgehead atoms. The second-order valence-electron chi connectivity index (χ2n) is 6.79. The van der Waals surface area contributed by atoms with E-state index in [1.165, 1.54) is 4.68 Å². The van der Waals surface area contributed by atoms with E-state index in [9.17, 15) is 9.59 Å². The Kier molecular flexibility index (Phi) is 7.55. The van der Waals surface area contributed by atoms with Crippen molar-refractivity contribution in [3.8, 4) is 40.3 Å². The number of hydrogen-bond donors (Lipinski definition) is 2. The maximum atomic E-state index is 12.6. The maximum Gasteiger partial charge on any atom is 0.270 e. The third-order valence-electron chi connectivity index (χ3n) is 4.71. The van der Waals surface area contributed by atoms with Crippen molar-refractivity contribution < 1.29 is 23.8 Å². The van der Waals surface area contributed by atoms with Crippen LogP contribution in [0.3, 0.4) is 0 Å². The van der Waals surface area contributed by atoms with Crippen molar-refractivity contribution in [1.82, 2.24) is 15.1 Å². The number of methoxy groups -OCH3 is 2. The number of benzene rings is 2. The van der Waals surface area contributed by atoms with Gasteiger partial charge in [-0.15, -0.1) is 0 Å². The Bertz CT molecular complexity index is 1220. The number of nitrogens with two attached hydrogens (primary N) is 1. The van der Waals surface area contributed by atoms with Gasteiger partial charge in [-0.25, -0.2) is 0 Å². The third-order valence-corrected chi connectivity index (χ3v) is 4.71. The van der Waals surface area contributed by atoms with Gasteiger partial charge in [0.1, 0.15) is 29.5 Å². The molecule has 0 unspecified atom stereocenters. The SMILES string of the molecule is COc1ccc(OC)c(-c2cc(C(=O)NCC#CCOc3ccccc3C(N)=O)n(C)n2)c1. The monoisotopic (exact) mass is 448 g/mol. The van der Waals surface area contributed by atoms with Crippen molar-refractivity contribution >= 4 is 11.8 Å². The van der Waals surface area contributed by atoms with Gasteiger partial charge in [0, 0.05) is 12.6 Å². The van der Waals surface area contributed by atoms with E-state index in [2.05, 4.69) is 22.3 Å². The fourth-order valence-electron chi connectivity index (χ4n) is 3.06. The molecule has 0 fully saturated rings. The third kappa shape index (κ3) is 5.62. The van der Waals surface area contributed by atoms with E-state index < -0.39 is 5.91 Å². The van der Waals surface area contributed by atoms with Gasteiger partial charge < -0.3 is 25.3 Å². The van der Waals surface area contributed by atoms with E-state index in [-0.39, 0.29) is 24.6 Å². The molecule has 0 saturated carbocycles. The second-order valence-corrected chi connectivity index (χ2v) is 6.79. The van der Waals surface area contributed by atoms with E-state index in [0.717, 1.165) is 0 Å². The van der Waals surface area contributed by atoms with E-state index >= 15 is 0 Å². The highest BCUT2D eigenvalue weighted by atomic mass is 16.5. The average molecular weight is 448 g/mol. The van der Waals surface area contributed by atoms with Crippen LogP contribution >= 0.6 is 0 Å². The zero-order valence-corrected chi connectivity index (χ0v) is 18.5. The van der Waals surface area contributed by atoms with Crippen LogP contribution in [0.25, 0.3) is 11.3 Å². The number of aromatic nitrogens is 2. The van der Waals surface area contributed by atoms with Gasteiger partial charge in [0.2, 0.25) is 0 Å². The standard InChI is InChI=1S/C24H24N4O5/c1-28-20(15-19(27-28)18-14-16(31-2)10-11-21(18)32-3)24(30)26-12-6-7-13-33-22-9-5-4-8-17(22)23(25)29/h4-5,8-11,14-15H,12-13H2,1-3H3,(H2,25,29)(H,26,30). The second kappa shape index (κ2) is 10.7. The summed E-state index contributed by atoms with van der Waals surface area (Å²) in [5.74, 6) is 6.32. The average Bonchev–Trinajstić information content (AvgIpc) is 3.22. The molecule has 9 heteroatoms. The topological polar surface area (TPSA) is 118 Å². The van der Waals surface area contributed by atoms with Gasteiger partial charge in [0.15, 0.2) is 0 Å². The summed E-state index contributed by atoms with van der Waals surface area (Å²) in [7, 11) is 4.82. The first kappa shape index (κ1) is 23.2. The molecule has 0 atom stereocenters. The predicted octanol–water partition coefficient (Wildman–Crippen LogP) is 2.02. The molecule has 3 rings (SSSR count). The number of carbonyl (C=O) groups is 2. The van der Waals surface area contributed by atoms with Crippen molar-refractivity contribution in [2.75, 3.05) is 27.4 Å². The molecule has 0 aliphatic carbocycles. The lowest BCUT2D eigenvalue weighted by molar-refractivity contribution is 0.0947. The Labute approximate surface area is 191 Å². The summed E-state index contributed by atoms with van der Waals surface area (Å²) in [6, 6.07) is 13.7. The lowest BCUT2D eigenvalue weighted by atomic mass is 10.1. The van der Waals surface area contributed by atoms with Crippen LogP contribution < -0.4 is 25.3 Å². The number of nitrogens with zero attached hydrogens (tertiary/aromatic N) is 2. The van der Waals surface area contributed by atoms with Gasteiger partial charge in [0.25, 0.3) is 11.8 Å². The number of carbonyl (C=O) groups excluding carboxylic acids is 2. The number of hydrogen-bond acceptors (Lipinski definition) is 6. The molecule has 1 heterocycles. The summed E-state index contributed by atoms with van der Waals surface area (Å²) < 4.78 is 17.6. The molecule has 1 aromatic heterocycles. The summed E-state index contributed by atoms with van der Waals surface area (Å²) >= 11 is 0. The zero-order valence-electron chi connectivity index (χ0n) is 18.5. The van der Waals surface area contributed by atoms with Crippen LogP contribution in [0, 0.1) is 11.8 Å². The Morgan fingerprint density at radius 3 is 2.58 bits per heavy atom. The molecule has 3 aromatic rings. The van der Waals surface area contributed by atoms with Crippen LogP contribution in [0.1, 0.15) is 20.8 Å². The van der Waals surface area contributed by atoms with E-state index in [1.807, 2.05) is 0 Å². The number of ether oxygens (including phenoxy) is 3. The van der Waals surface area contributed by atoms with Gasteiger partial charge in [-0.1, -0.05) is 24.0 Å². The van der Waals surface area contributed by atoms with Crippen LogP contribution in [0.2, 0.25) is 0 Å². The fraction of sp³-hybridized carbons (Fsp3) is 0.208. The number of primary amides is 1. The van der Waals surface area contributed by atoms with Crippen molar-refractivity contribution in [1.29, 1.82) is 0 Å². The molecule has 2 amide bonds. The molecular formula is C24H24N4O5. The molecule has 0 aliphatic rings. The normalized spacial score (nSPS) is 10.0. The molecule has 0 saturated heterocycles. The first-order valence-electron chi connectivity index (χ1n) is 9.96.